The van der Waals surface area contributed by atoms with Crippen LogP contribution < -0.4 is 10.1 Å². The van der Waals surface area contributed by atoms with Gasteiger partial charge in [0, 0.05) is 30.9 Å². The minimum Gasteiger partial charge on any atom is -0.497 e. The fourth-order valence-corrected chi connectivity index (χ4v) is 2.87. The summed E-state index contributed by atoms with van der Waals surface area (Å²) in [4.78, 5) is 28.6. The van der Waals surface area contributed by atoms with Crippen molar-refractivity contribution in [2.45, 2.75) is 20.4 Å². The molecule has 2 amide bonds. The molecule has 0 saturated carbocycles. The van der Waals surface area contributed by atoms with E-state index in [0.717, 1.165) is 19.6 Å². The van der Waals surface area contributed by atoms with E-state index in [0.29, 0.717) is 17.0 Å². The highest BCUT2D eigenvalue weighted by Gasteiger charge is 2.15. The van der Waals surface area contributed by atoms with Crippen LogP contribution in [0.25, 0.3) is 0 Å². The second-order valence-corrected chi connectivity index (χ2v) is 6.60. The van der Waals surface area contributed by atoms with Gasteiger partial charge in [-0.2, -0.15) is 0 Å². The van der Waals surface area contributed by atoms with Gasteiger partial charge < -0.3 is 15.0 Å². The Hall–Kier alpha value is -2.86. The van der Waals surface area contributed by atoms with Crippen LogP contribution in [0.3, 0.4) is 0 Å². The van der Waals surface area contributed by atoms with Crippen LogP contribution in [0.5, 0.6) is 5.75 Å². The van der Waals surface area contributed by atoms with E-state index in [-0.39, 0.29) is 18.4 Å². The Bertz CT molecular complexity index is 786. The monoisotopic (exact) mass is 383 g/mol. The molecule has 0 atom stereocenters. The third kappa shape index (κ3) is 6.09. The first-order chi connectivity index (χ1) is 13.5. The van der Waals surface area contributed by atoms with Gasteiger partial charge in [-0.3, -0.25) is 14.5 Å². The van der Waals surface area contributed by atoms with E-state index >= 15 is 0 Å². The maximum Gasteiger partial charge on any atom is 0.254 e. The number of rotatable bonds is 9. The molecule has 0 fully saturated rings. The van der Waals surface area contributed by atoms with Gasteiger partial charge >= 0.3 is 0 Å². The van der Waals surface area contributed by atoms with E-state index < -0.39 is 0 Å². The molecule has 28 heavy (non-hydrogen) atoms. The van der Waals surface area contributed by atoms with E-state index in [1.54, 1.807) is 38.4 Å². The maximum absolute atomic E-state index is 12.6. The van der Waals surface area contributed by atoms with E-state index in [2.05, 4.69) is 24.1 Å². The van der Waals surface area contributed by atoms with Gasteiger partial charge in [0.2, 0.25) is 5.91 Å². The van der Waals surface area contributed by atoms with Gasteiger partial charge in [-0.15, -0.1) is 0 Å². The van der Waals surface area contributed by atoms with Crippen molar-refractivity contribution in [1.29, 1.82) is 0 Å². The van der Waals surface area contributed by atoms with Gasteiger partial charge in [-0.25, -0.2) is 0 Å². The molecule has 0 saturated heterocycles. The number of benzene rings is 2. The van der Waals surface area contributed by atoms with Crippen LogP contribution in [-0.4, -0.2) is 55.4 Å². The van der Waals surface area contributed by atoms with Gasteiger partial charge in [-0.1, -0.05) is 32.0 Å². The van der Waals surface area contributed by atoms with Crippen molar-refractivity contribution in [2.75, 3.05) is 39.1 Å². The van der Waals surface area contributed by atoms with Gasteiger partial charge in [0.1, 0.15) is 5.75 Å². The minimum absolute atomic E-state index is 0.0305. The van der Waals surface area contributed by atoms with Crippen molar-refractivity contribution in [3.63, 3.8) is 0 Å². The molecule has 150 valence electrons. The summed E-state index contributed by atoms with van der Waals surface area (Å²) in [6.07, 6.45) is 0. The number of amides is 2. The van der Waals surface area contributed by atoms with Gasteiger partial charge in [0.05, 0.1) is 13.7 Å². The standard InChI is InChI=1S/C22H29N3O3/c1-5-25(6-2)15-17-10-12-18(13-11-17)22(27)24(3)16-21(26)23-19-8-7-9-20(14-19)28-4/h7-14H,5-6,15-16H2,1-4H3,(H,23,26). The zero-order valence-electron chi connectivity index (χ0n) is 17.1. The van der Waals surface area contributed by atoms with Gasteiger partial charge in [0.15, 0.2) is 0 Å². The zero-order valence-corrected chi connectivity index (χ0v) is 17.1. The number of ether oxygens (including phenoxy) is 1. The smallest absolute Gasteiger partial charge is 0.254 e. The lowest BCUT2D eigenvalue weighted by Gasteiger charge is -2.19. The predicted octanol–water partition coefficient (Wildman–Crippen LogP) is 3.25. The summed E-state index contributed by atoms with van der Waals surface area (Å²) >= 11 is 0. The van der Waals surface area contributed by atoms with E-state index in [1.807, 2.05) is 24.3 Å². The SMILES string of the molecule is CCN(CC)Cc1ccc(C(=O)N(C)CC(=O)Nc2cccc(OC)c2)cc1. The average Bonchev–Trinajstić information content (AvgIpc) is 2.71. The summed E-state index contributed by atoms with van der Waals surface area (Å²) in [6, 6.07) is 14.7. The molecule has 1 N–H and O–H groups in total. The Morgan fingerprint density at radius 3 is 2.32 bits per heavy atom. The van der Waals surface area contributed by atoms with Gasteiger partial charge in [-0.05, 0) is 42.9 Å². The Labute approximate surface area is 167 Å². The third-order valence-corrected chi connectivity index (χ3v) is 4.58. The molecule has 2 aromatic rings. The van der Waals surface area contributed by atoms with Crippen molar-refractivity contribution in [3.05, 3.63) is 59.7 Å². The van der Waals surface area contributed by atoms with Crippen molar-refractivity contribution in [2.24, 2.45) is 0 Å². The average molecular weight is 383 g/mol. The summed E-state index contributed by atoms with van der Waals surface area (Å²) in [5.74, 6) is 0.212. The number of carbonyl (C=O) groups excluding carboxylic acids is 2. The van der Waals surface area contributed by atoms with Crippen LogP contribution in [0.2, 0.25) is 0 Å². The van der Waals surface area contributed by atoms with Crippen LogP contribution in [0.1, 0.15) is 29.8 Å². The molecule has 0 radical (unpaired) electrons. The highest BCUT2D eigenvalue weighted by molar-refractivity contribution is 5.99. The largest absolute Gasteiger partial charge is 0.497 e. The number of nitrogens with zero attached hydrogens (tertiary/aromatic N) is 2. The lowest BCUT2D eigenvalue weighted by atomic mass is 10.1. The third-order valence-electron chi connectivity index (χ3n) is 4.58. The summed E-state index contributed by atoms with van der Waals surface area (Å²) in [5.41, 5.74) is 2.37. The van der Waals surface area contributed by atoms with Crippen LogP contribution in [0.4, 0.5) is 5.69 Å². The number of hydrogen-bond acceptors (Lipinski definition) is 4. The van der Waals surface area contributed by atoms with Crippen molar-refractivity contribution in [3.8, 4) is 5.75 Å². The first-order valence-electron chi connectivity index (χ1n) is 9.47. The van der Waals surface area contributed by atoms with Crippen LogP contribution >= 0.6 is 0 Å². The van der Waals surface area contributed by atoms with Crippen molar-refractivity contribution < 1.29 is 14.3 Å². The van der Waals surface area contributed by atoms with Gasteiger partial charge in [0.25, 0.3) is 5.91 Å². The predicted molar refractivity (Wildman–Crippen MR) is 112 cm³/mol. The molecule has 0 aliphatic heterocycles. The highest BCUT2D eigenvalue weighted by Crippen LogP contribution is 2.16. The van der Waals surface area contributed by atoms with E-state index in [9.17, 15) is 9.59 Å². The molecule has 0 bridgehead atoms. The van der Waals surface area contributed by atoms with E-state index in [1.165, 1.54) is 10.5 Å². The molecule has 6 nitrogen and oxygen atoms in total. The molecule has 2 rings (SSSR count). The molecule has 2 aromatic carbocycles. The van der Waals surface area contributed by atoms with Crippen molar-refractivity contribution in [1.82, 2.24) is 9.80 Å². The number of hydrogen-bond donors (Lipinski definition) is 1. The summed E-state index contributed by atoms with van der Waals surface area (Å²) in [6.45, 7) is 7.07. The number of nitrogens with one attached hydrogen (secondary N) is 1. The molecular formula is C22H29N3O3. The highest BCUT2D eigenvalue weighted by atomic mass is 16.5. The van der Waals surface area contributed by atoms with Crippen molar-refractivity contribution >= 4 is 17.5 Å². The van der Waals surface area contributed by atoms with E-state index in [4.69, 9.17) is 4.74 Å². The molecule has 0 aromatic heterocycles. The van der Waals surface area contributed by atoms with Crippen LogP contribution in [-0.2, 0) is 11.3 Å². The number of likely N-dealkylation sites (N-methyl/N-ethyl adjacent to an activating group) is 1. The molecule has 0 heterocycles. The Morgan fingerprint density at radius 1 is 1.04 bits per heavy atom. The Balaban J connectivity index is 1.93. The first-order valence-corrected chi connectivity index (χ1v) is 9.47. The first kappa shape index (κ1) is 21.4. The molecule has 0 spiro atoms. The molecular weight excluding hydrogens is 354 g/mol. The quantitative estimate of drug-likeness (QED) is 0.722. The zero-order chi connectivity index (χ0) is 20.5. The summed E-state index contributed by atoms with van der Waals surface area (Å²) in [7, 11) is 3.19. The lowest BCUT2D eigenvalue weighted by Crippen LogP contribution is -2.34. The number of methoxy groups -OCH3 is 1. The number of carbonyl (C=O) groups is 2. The number of anilines is 1. The van der Waals surface area contributed by atoms with Crippen LogP contribution in [0, 0.1) is 0 Å². The fourth-order valence-electron chi connectivity index (χ4n) is 2.87. The lowest BCUT2D eigenvalue weighted by molar-refractivity contribution is -0.116. The Morgan fingerprint density at radius 2 is 1.71 bits per heavy atom. The normalized spacial score (nSPS) is 10.6. The van der Waals surface area contributed by atoms with Crippen LogP contribution in [0.15, 0.2) is 48.5 Å². The molecule has 0 aliphatic rings. The molecule has 0 aliphatic carbocycles. The fraction of sp³-hybridized carbons (Fsp3) is 0.364. The topological polar surface area (TPSA) is 61.9 Å². The Kier molecular flexibility index (Phi) is 8.02. The summed E-state index contributed by atoms with van der Waals surface area (Å²) in [5, 5.41) is 2.78. The molecule has 6 heteroatoms. The minimum atomic E-state index is -0.262. The molecule has 0 unspecified atom stereocenters. The maximum atomic E-state index is 12.6. The second-order valence-electron chi connectivity index (χ2n) is 6.60. The summed E-state index contributed by atoms with van der Waals surface area (Å²) < 4.78 is 5.14. The second kappa shape index (κ2) is 10.5.